The molecule has 0 aliphatic heterocycles. The molecule has 1 rings (SSSR count). The van der Waals surface area contributed by atoms with Gasteiger partial charge >= 0.3 is 0 Å². The third-order valence-electron chi connectivity index (χ3n) is 8.10. The second-order valence-electron chi connectivity index (χ2n) is 11.6. The first-order valence-corrected chi connectivity index (χ1v) is 16.9. The second-order valence-corrected chi connectivity index (χ2v) is 11.6. The third-order valence-corrected chi connectivity index (χ3v) is 8.10. The molecule has 0 radical (unpaired) electrons. The lowest BCUT2D eigenvalue weighted by Crippen LogP contribution is -2.37. The van der Waals surface area contributed by atoms with Crippen molar-refractivity contribution in [1.82, 2.24) is 4.57 Å². The van der Waals surface area contributed by atoms with E-state index in [4.69, 9.17) is 0 Å². The molecule has 0 N–H and O–H groups in total. The van der Waals surface area contributed by atoms with Crippen LogP contribution in [0.25, 0.3) is 0 Å². The molecule has 2 heteroatoms. The van der Waals surface area contributed by atoms with Crippen molar-refractivity contribution in [1.29, 1.82) is 0 Å². The molecule has 1 aromatic heterocycles. The van der Waals surface area contributed by atoms with Gasteiger partial charge in [0.2, 0.25) is 0 Å². The summed E-state index contributed by atoms with van der Waals surface area (Å²) in [6.45, 7) is 9.38. The van der Waals surface area contributed by atoms with Crippen LogP contribution in [0.2, 0.25) is 0 Å². The fourth-order valence-corrected chi connectivity index (χ4v) is 5.62. The molecule has 0 unspecified atom stereocenters. The van der Waals surface area contributed by atoms with E-state index in [1.54, 1.807) is 5.82 Å². The molecule has 36 heavy (non-hydrogen) atoms. The van der Waals surface area contributed by atoms with Crippen LogP contribution in [0.4, 0.5) is 0 Å². The maximum atomic E-state index is 2.61. The lowest BCUT2D eigenvalue weighted by Gasteiger charge is -2.07. The first-order chi connectivity index (χ1) is 17.8. The molecular weight excluding hydrogens is 436 g/mol. The van der Waals surface area contributed by atoms with E-state index in [-0.39, 0.29) is 0 Å². The summed E-state index contributed by atoms with van der Waals surface area (Å²) in [4.78, 5) is 0. The zero-order valence-electron chi connectivity index (χ0n) is 25.3. The van der Waals surface area contributed by atoms with E-state index >= 15 is 0 Å². The smallest absolute Gasteiger partial charge is 0.234 e. The zero-order valence-corrected chi connectivity index (χ0v) is 25.3. The lowest BCUT2D eigenvalue weighted by molar-refractivity contribution is -0.704. The molecule has 212 valence electrons. The Morgan fingerprint density at radius 3 is 1.33 bits per heavy atom. The molecule has 1 heterocycles. The summed E-state index contributed by atoms with van der Waals surface area (Å²) in [6, 6.07) is 0. The highest BCUT2D eigenvalue weighted by molar-refractivity contribution is 4.84. The van der Waals surface area contributed by atoms with Crippen molar-refractivity contribution in [2.24, 2.45) is 0 Å². The predicted octanol–water partition coefficient (Wildman–Crippen LogP) is 11.1. The highest BCUT2D eigenvalue weighted by Crippen LogP contribution is 2.14. The van der Waals surface area contributed by atoms with Crippen LogP contribution in [-0.4, -0.2) is 4.57 Å². The van der Waals surface area contributed by atoms with Gasteiger partial charge in [-0.15, -0.1) is 0 Å². The summed E-state index contributed by atoms with van der Waals surface area (Å²) in [6.07, 6.45) is 41.5. The van der Waals surface area contributed by atoms with Crippen LogP contribution in [0.1, 0.15) is 187 Å². The summed E-state index contributed by atoms with van der Waals surface area (Å²) in [5.41, 5.74) is 0. The van der Waals surface area contributed by atoms with Gasteiger partial charge in [-0.2, -0.15) is 0 Å². The van der Waals surface area contributed by atoms with E-state index in [1.807, 2.05) is 0 Å². The Hall–Kier alpha value is -0.790. The molecule has 0 aliphatic rings. The van der Waals surface area contributed by atoms with E-state index in [0.29, 0.717) is 0 Å². The number of unbranched alkanes of at least 4 members (excludes halogenated alkanes) is 22. The molecule has 0 aromatic carbocycles. The average molecular weight is 504 g/mol. The normalized spacial score (nSPS) is 11.5. The lowest BCUT2D eigenvalue weighted by atomic mass is 10.1. The van der Waals surface area contributed by atoms with Crippen LogP contribution in [0.5, 0.6) is 0 Å². The van der Waals surface area contributed by atoms with E-state index in [1.165, 1.54) is 180 Å². The Kier molecular flexibility index (Phi) is 23.9. The molecule has 0 saturated heterocycles. The van der Waals surface area contributed by atoms with Crippen LogP contribution >= 0.6 is 0 Å². The minimum absolute atomic E-state index is 1.22. The van der Waals surface area contributed by atoms with Gasteiger partial charge in [0.25, 0.3) is 5.82 Å². The van der Waals surface area contributed by atoms with Crippen LogP contribution in [0.3, 0.4) is 0 Å². The van der Waals surface area contributed by atoms with Gasteiger partial charge in [-0.1, -0.05) is 149 Å². The minimum atomic E-state index is 1.22. The number of hydrogen-bond acceptors (Lipinski definition) is 0. The average Bonchev–Trinajstić information content (AvgIpc) is 3.27. The molecule has 2 nitrogen and oxygen atoms in total. The van der Waals surface area contributed by atoms with Gasteiger partial charge in [0.05, 0.1) is 13.1 Å². The number of rotatable bonds is 28. The summed E-state index contributed by atoms with van der Waals surface area (Å²) >= 11 is 0. The fourth-order valence-electron chi connectivity index (χ4n) is 5.62. The Morgan fingerprint density at radius 1 is 0.472 bits per heavy atom. The van der Waals surface area contributed by atoms with Crippen LogP contribution in [0.15, 0.2) is 12.4 Å². The van der Waals surface area contributed by atoms with Gasteiger partial charge in [0, 0.05) is 6.42 Å². The second kappa shape index (κ2) is 25.8. The molecule has 0 spiro atoms. The molecule has 0 bridgehead atoms. The largest absolute Gasteiger partial charge is 0.256 e. The van der Waals surface area contributed by atoms with E-state index in [0.717, 1.165) is 0 Å². The summed E-state index contributed by atoms with van der Waals surface area (Å²) < 4.78 is 5.21. The van der Waals surface area contributed by atoms with Gasteiger partial charge < -0.3 is 0 Å². The van der Waals surface area contributed by atoms with Crippen molar-refractivity contribution >= 4 is 0 Å². The summed E-state index contributed by atoms with van der Waals surface area (Å²) in [5.74, 6) is 1.61. The van der Waals surface area contributed by atoms with Crippen LogP contribution < -0.4 is 4.57 Å². The fraction of sp³-hybridized carbons (Fsp3) is 0.912. The molecule has 0 fully saturated rings. The van der Waals surface area contributed by atoms with Crippen LogP contribution in [0, 0.1) is 0 Å². The zero-order chi connectivity index (χ0) is 25.9. The molecular formula is C34H67N2+. The molecule has 1 aromatic rings. The van der Waals surface area contributed by atoms with Crippen molar-refractivity contribution in [3.8, 4) is 0 Å². The Bertz CT molecular complexity index is 562. The van der Waals surface area contributed by atoms with Crippen molar-refractivity contribution in [3.63, 3.8) is 0 Å². The molecule has 0 amide bonds. The van der Waals surface area contributed by atoms with Crippen LogP contribution in [-0.2, 0) is 19.5 Å². The number of aromatic nitrogens is 2. The van der Waals surface area contributed by atoms with Gasteiger partial charge in [0.15, 0.2) is 0 Å². The van der Waals surface area contributed by atoms with Gasteiger partial charge in [-0.25, -0.2) is 9.13 Å². The van der Waals surface area contributed by atoms with E-state index in [2.05, 4.69) is 42.3 Å². The molecule has 0 saturated carbocycles. The van der Waals surface area contributed by atoms with Gasteiger partial charge in [-0.05, 0) is 32.1 Å². The standard InChI is InChI=1S/C34H67N2/c1-4-7-10-13-15-17-18-19-21-23-25-28-31-36-33-32-35(30-27-12-9-6-3)34(36)29-26-24-22-20-16-14-11-8-5-2/h32-33H,4-31H2,1-3H3/q+1. The first kappa shape index (κ1) is 33.2. The van der Waals surface area contributed by atoms with Crippen molar-refractivity contribution in [3.05, 3.63) is 18.2 Å². The predicted molar refractivity (Wildman–Crippen MR) is 161 cm³/mol. The van der Waals surface area contributed by atoms with E-state index < -0.39 is 0 Å². The SMILES string of the molecule is CCCCCCCCCCCCCC[n+]1ccn(CCCCCC)c1CCCCCCCCCCC. The van der Waals surface area contributed by atoms with Crippen molar-refractivity contribution in [2.75, 3.05) is 0 Å². The first-order valence-electron chi connectivity index (χ1n) is 16.9. The number of aryl methyl sites for hydroxylation is 2. The number of imidazole rings is 1. The Morgan fingerprint density at radius 2 is 0.861 bits per heavy atom. The minimum Gasteiger partial charge on any atom is -0.234 e. The van der Waals surface area contributed by atoms with E-state index in [9.17, 15) is 0 Å². The summed E-state index contributed by atoms with van der Waals surface area (Å²) in [7, 11) is 0. The Labute approximate surface area is 228 Å². The van der Waals surface area contributed by atoms with Crippen molar-refractivity contribution in [2.45, 2.75) is 201 Å². The molecule has 0 atom stereocenters. The Balaban J connectivity index is 2.25. The highest BCUT2D eigenvalue weighted by atomic mass is 15.1. The highest BCUT2D eigenvalue weighted by Gasteiger charge is 2.16. The quantitative estimate of drug-likeness (QED) is 0.0794. The maximum absolute atomic E-state index is 2.61. The molecule has 0 aliphatic carbocycles. The topological polar surface area (TPSA) is 8.81 Å². The third kappa shape index (κ3) is 18.5. The van der Waals surface area contributed by atoms with Gasteiger partial charge in [-0.3, -0.25) is 0 Å². The summed E-state index contributed by atoms with van der Waals surface area (Å²) in [5, 5.41) is 0. The van der Waals surface area contributed by atoms with Gasteiger partial charge in [0.1, 0.15) is 12.4 Å². The van der Waals surface area contributed by atoms with Crippen molar-refractivity contribution < 1.29 is 4.57 Å². The monoisotopic (exact) mass is 504 g/mol. The maximum Gasteiger partial charge on any atom is 0.256 e. The number of nitrogens with zero attached hydrogens (tertiary/aromatic N) is 2. The number of hydrogen-bond donors (Lipinski definition) is 0.